The van der Waals surface area contributed by atoms with Gasteiger partial charge in [0.15, 0.2) is 0 Å². The normalized spacial score (nSPS) is 29.9. The van der Waals surface area contributed by atoms with Crippen molar-refractivity contribution in [2.45, 2.75) is 105 Å². The van der Waals surface area contributed by atoms with Crippen LogP contribution in [0.25, 0.3) is 0 Å². The highest BCUT2D eigenvalue weighted by molar-refractivity contribution is 7.89. The molecule has 11 nitrogen and oxygen atoms in total. The second-order valence-electron chi connectivity index (χ2n) is 16.4. The Morgan fingerprint density at radius 3 is 2.23 bits per heavy atom. The van der Waals surface area contributed by atoms with E-state index in [1.165, 1.54) is 4.90 Å². The van der Waals surface area contributed by atoms with Crippen LogP contribution in [-0.4, -0.2) is 79.6 Å². The van der Waals surface area contributed by atoms with Gasteiger partial charge in [-0.05, 0) is 66.1 Å². The summed E-state index contributed by atoms with van der Waals surface area (Å²) >= 11 is 0. The third-order valence-electron chi connectivity index (χ3n) is 11.9. The molecule has 1 saturated heterocycles. The molecule has 0 spiro atoms. The first kappa shape index (κ1) is 37.0. The number of hydrogen-bond donors (Lipinski definition) is 3. The van der Waals surface area contributed by atoms with Crippen LogP contribution in [0.15, 0.2) is 25.3 Å². The maximum atomic E-state index is 14.4. The summed E-state index contributed by atoms with van der Waals surface area (Å²) in [5.74, 6) is -3.15. The summed E-state index contributed by atoms with van der Waals surface area (Å²) in [5.41, 5.74) is -2.58. The van der Waals surface area contributed by atoms with Crippen LogP contribution in [0.2, 0.25) is 0 Å². The topological polar surface area (TPSA) is 159 Å². The lowest BCUT2D eigenvalue weighted by Gasteiger charge is -2.39. The van der Waals surface area contributed by atoms with E-state index in [1.807, 2.05) is 27.7 Å². The lowest BCUT2D eigenvalue weighted by Crippen LogP contribution is -2.61. The van der Waals surface area contributed by atoms with Crippen molar-refractivity contribution in [1.29, 1.82) is 0 Å². The van der Waals surface area contributed by atoms with E-state index in [4.69, 9.17) is 0 Å². The van der Waals surface area contributed by atoms with Crippen molar-refractivity contribution in [3.63, 3.8) is 0 Å². The summed E-state index contributed by atoms with van der Waals surface area (Å²) in [6.45, 7) is 21.1. The van der Waals surface area contributed by atoms with Crippen LogP contribution in [0.4, 0.5) is 0 Å². The minimum Gasteiger partial charge on any atom is -0.349 e. The number of nitrogens with zero attached hydrogens (tertiary/aromatic N) is 1. The van der Waals surface area contributed by atoms with Crippen LogP contribution < -0.4 is 15.4 Å². The van der Waals surface area contributed by atoms with Gasteiger partial charge in [0, 0.05) is 24.9 Å². The average molecular weight is 675 g/mol. The van der Waals surface area contributed by atoms with Gasteiger partial charge in [-0.25, -0.2) is 13.1 Å². The third kappa shape index (κ3) is 6.73. The number of ketones is 2. The molecule has 4 aliphatic rings. The van der Waals surface area contributed by atoms with E-state index >= 15 is 0 Å². The fourth-order valence-electron chi connectivity index (χ4n) is 8.57. The Morgan fingerprint density at radius 2 is 1.70 bits per heavy atom. The fourth-order valence-corrected chi connectivity index (χ4v) is 10.8. The van der Waals surface area contributed by atoms with Crippen molar-refractivity contribution in [3.05, 3.63) is 25.3 Å². The van der Waals surface area contributed by atoms with Gasteiger partial charge in [-0.3, -0.25) is 24.0 Å². The van der Waals surface area contributed by atoms with Gasteiger partial charge in [0.25, 0.3) is 5.91 Å². The molecule has 3 saturated carbocycles. The zero-order chi connectivity index (χ0) is 35.3. The number of amides is 3. The molecule has 0 aromatic carbocycles. The maximum absolute atomic E-state index is 14.4. The SMILES string of the molecule is C=CCCNC(=O)C(=O)[C@H](CCC=C)NC(=O)[C@@H]1[C@@H]2[C@H](CN1C(=O)[C@@H](NS(=O)(=O)CC13CCC(CC1=O)C3(C)C)C(C)(C)C)C2(C)C. The minimum absolute atomic E-state index is 0.00942. The number of carbonyl (C=O) groups is 5. The van der Waals surface area contributed by atoms with Crippen LogP contribution in [0.1, 0.15) is 87.0 Å². The highest BCUT2D eigenvalue weighted by Gasteiger charge is 2.70. The predicted molar refractivity (Wildman–Crippen MR) is 179 cm³/mol. The van der Waals surface area contributed by atoms with Gasteiger partial charge in [-0.15, -0.1) is 13.2 Å². The molecule has 4 fully saturated rings. The first-order chi connectivity index (χ1) is 21.7. The Labute approximate surface area is 280 Å². The highest BCUT2D eigenvalue weighted by atomic mass is 32.2. The van der Waals surface area contributed by atoms with Gasteiger partial charge in [-0.2, -0.15) is 0 Å². The van der Waals surface area contributed by atoms with Crippen LogP contribution in [0, 0.1) is 39.4 Å². The van der Waals surface area contributed by atoms with Gasteiger partial charge in [0.2, 0.25) is 27.6 Å². The zero-order valence-corrected chi connectivity index (χ0v) is 29.9. The maximum Gasteiger partial charge on any atom is 0.289 e. The van der Waals surface area contributed by atoms with Gasteiger partial charge in [0.05, 0.1) is 11.8 Å². The van der Waals surface area contributed by atoms with E-state index in [0.29, 0.717) is 25.7 Å². The van der Waals surface area contributed by atoms with Gasteiger partial charge >= 0.3 is 0 Å². The van der Waals surface area contributed by atoms with E-state index in [1.54, 1.807) is 32.9 Å². The molecule has 0 radical (unpaired) electrons. The smallest absolute Gasteiger partial charge is 0.289 e. The Balaban J connectivity index is 1.57. The van der Waals surface area contributed by atoms with Crippen molar-refractivity contribution in [3.8, 4) is 0 Å². The van der Waals surface area contributed by atoms with Crippen molar-refractivity contribution in [2.24, 2.45) is 39.4 Å². The lowest BCUT2D eigenvalue weighted by atomic mass is 9.70. The van der Waals surface area contributed by atoms with E-state index in [9.17, 15) is 32.4 Å². The number of fused-ring (bicyclic) bond motifs is 3. The summed E-state index contributed by atoms with van der Waals surface area (Å²) in [6.07, 6.45) is 5.90. The fraction of sp³-hybridized carbons (Fsp3) is 0.743. The molecule has 0 aromatic rings. The van der Waals surface area contributed by atoms with Crippen LogP contribution in [0.3, 0.4) is 0 Å². The highest BCUT2D eigenvalue weighted by Crippen LogP contribution is 2.65. The van der Waals surface area contributed by atoms with Crippen LogP contribution in [-0.2, 0) is 34.0 Å². The average Bonchev–Trinajstić information content (AvgIpc) is 3.23. The number of nitrogens with one attached hydrogen (secondary N) is 3. The largest absolute Gasteiger partial charge is 0.349 e. The lowest BCUT2D eigenvalue weighted by molar-refractivity contribution is -0.145. The quantitative estimate of drug-likeness (QED) is 0.137. The van der Waals surface area contributed by atoms with Crippen LogP contribution in [0.5, 0.6) is 0 Å². The second kappa shape index (κ2) is 12.9. The van der Waals surface area contributed by atoms with Crippen molar-refractivity contribution in [2.75, 3.05) is 18.8 Å². The molecule has 4 rings (SSSR count). The number of likely N-dealkylation sites (tertiary alicyclic amines) is 1. The molecule has 1 aliphatic heterocycles. The minimum atomic E-state index is -4.12. The number of rotatable bonds is 15. The Hall–Kier alpha value is -2.86. The molecule has 2 unspecified atom stereocenters. The van der Waals surface area contributed by atoms with Gasteiger partial charge < -0.3 is 15.5 Å². The molecular formula is C35H54N4O7S. The number of piperidine rings is 1. The molecule has 2 bridgehead atoms. The molecule has 7 atom stereocenters. The number of allylic oxidation sites excluding steroid dienone is 1. The number of sulfonamides is 1. The zero-order valence-electron chi connectivity index (χ0n) is 29.1. The van der Waals surface area contributed by atoms with Crippen LogP contribution >= 0.6 is 0 Å². The van der Waals surface area contributed by atoms with Crippen molar-refractivity contribution < 1.29 is 32.4 Å². The molecule has 262 valence electrons. The van der Waals surface area contributed by atoms with E-state index in [-0.39, 0.29) is 54.2 Å². The summed E-state index contributed by atoms with van der Waals surface area (Å²) < 4.78 is 30.4. The molecule has 3 amide bonds. The molecule has 47 heavy (non-hydrogen) atoms. The Bertz CT molecular complexity index is 1450. The standard InChI is InChI=1S/C35H54N4O7S/c1-10-12-14-23(27(41)30(43)36-17-13-11-2)37-29(42)26-25-22(33(25,6)7)19-39(26)31(44)28(32(3,4)5)38-47(45,46)20-35-16-15-21(18-24(35)40)34(35,8)9/h10-11,21-23,25-26,28,38H,1-2,12-20H2,3-9H3,(H,36,43)(H,37,42)/t21?,22-,23-,25-,26-,28+,35?/m0/s1. The molecule has 1 heterocycles. The summed E-state index contributed by atoms with van der Waals surface area (Å²) in [4.78, 5) is 68.7. The number of carbonyl (C=O) groups excluding carboxylic acids is 5. The van der Waals surface area contributed by atoms with E-state index in [0.717, 1.165) is 6.42 Å². The summed E-state index contributed by atoms with van der Waals surface area (Å²) in [6, 6.07) is -3.28. The number of Topliss-reactive ketones (excluding diaryl/α,β-unsaturated/α-hetero) is 2. The first-order valence-electron chi connectivity index (χ1n) is 16.8. The Kier molecular flexibility index (Phi) is 10.1. The molecular weight excluding hydrogens is 620 g/mol. The Morgan fingerprint density at radius 1 is 1.06 bits per heavy atom. The first-order valence-corrected chi connectivity index (χ1v) is 18.5. The van der Waals surface area contributed by atoms with Gasteiger partial charge in [0.1, 0.15) is 17.9 Å². The monoisotopic (exact) mass is 674 g/mol. The predicted octanol–water partition coefficient (Wildman–Crippen LogP) is 2.91. The van der Waals surface area contributed by atoms with Gasteiger partial charge in [-0.1, -0.05) is 60.6 Å². The summed E-state index contributed by atoms with van der Waals surface area (Å²) in [7, 11) is -4.12. The summed E-state index contributed by atoms with van der Waals surface area (Å²) in [5, 5.41) is 5.31. The molecule has 0 aromatic heterocycles. The number of hydrogen-bond acceptors (Lipinski definition) is 7. The molecule has 3 N–H and O–H groups in total. The van der Waals surface area contributed by atoms with Crippen molar-refractivity contribution >= 4 is 39.3 Å². The molecule has 12 heteroatoms. The van der Waals surface area contributed by atoms with E-state index in [2.05, 4.69) is 28.5 Å². The van der Waals surface area contributed by atoms with Crippen molar-refractivity contribution in [1.82, 2.24) is 20.3 Å². The molecule has 3 aliphatic carbocycles. The van der Waals surface area contributed by atoms with E-state index < -0.39 is 67.9 Å². The second-order valence-corrected chi connectivity index (χ2v) is 18.1. The third-order valence-corrected chi connectivity index (χ3v) is 13.4.